The minimum Gasteiger partial charge on any atom is -0.381 e. The second-order valence-electron chi connectivity index (χ2n) is 3.77. The summed E-state index contributed by atoms with van der Waals surface area (Å²) in [6, 6.07) is 1.88. The van der Waals surface area contributed by atoms with Crippen LogP contribution in [0.3, 0.4) is 0 Å². The van der Waals surface area contributed by atoms with Crippen LogP contribution in [0.5, 0.6) is 0 Å². The van der Waals surface area contributed by atoms with Crippen molar-refractivity contribution in [3.8, 4) is 5.82 Å². The molecule has 0 bridgehead atoms. The van der Waals surface area contributed by atoms with Crippen molar-refractivity contribution in [3.63, 3.8) is 0 Å². The molecule has 0 atom stereocenters. The van der Waals surface area contributed by atoms with Crippen molar-refractivity contribution in [1.29, 1.82) is 0 Å². The lowest BCUT2D eigenvalue weighted by Gasteiger charge is -2.06. The summed E-state index contributed by atoms with van der Waals surface area (Å²) in [6.45, 7) is 4.10. The van der Waals surface area contributed by atoms with Crippen molar-refractivity contribution >= 4 is 5.82 Å². The summed E-state index contributed by atoms with van der Waals surface area (Å²) in [5, 5.41) is 12.1. The predicted octanol–water partition coefficient (Wildman–Crippen LogP) is 0.706. The third-order valence-electron chi connectivity index (χ3n) is 2.20. The SMILES string of the molecule is CC(C)c1c(N)nnn1-c1ccn(C)n1. The van der Waals surface area contributed by atoms with Gasteiger partial charge < -0.3 is 5.73 Å². The third-order valence-corrected chi connectivity index (χ3v) is 2.20. The molecule has 2 rings (SSSR count). The monoisotopic (exact) mass is 206 g/mol. The molecule has 2 heterocycles. The molecule has 0 radical (unpaired) electrons. The van der Waals surface area contributed by atoms with Crippen molar-refractivity contribution in [2.24, 2.45) is 7.05 Å². The van der Waals surface area contributed by atoms with Crippen LogP contribution in [-0.2, 0) is 7.05 Å². The Bertz CT molecular complexity index is 467. The molecule has 2 aromatic rings. The maximum Gasteiger partial charge on any atom is 0.177 e. The number of nitrogens with two attached hydrogens (primary N) is 1. The Hall–Kier alpha value is -1.85. The molecular weight excluding hydrogens is 192 g/mol. The fourth-order valence-electron chi connectivity index (χ4n) is 1.53. The van der Waals surface area contributed by atoms with Crippen LogP contribution >= 0.6 is 0 Å². The highest BCUT2D eigenvalue weighted by molar-refractivity contribution is 5.39. The molecule has 2 aromatic heterocycles. The largest absolute Gasteiger partial charge is 0.381 e. The lowest BCUT2D eigenvalue weighted by Crippen LogP contribution is -2.06. The zero-order chi connectivity index (χ0) is 11.0. The third kappa shape index (κ3) is 1.58. The molecule has 0 spiro atoms. The average molecular weight is 206 g/mol. The summed E-state index contributed by atoms with van der Waals surface area (Å²) in [4.78, 5) is 0. The van der Waals surface area contributed by atoms with Crippen molar-refractivity contribution in [3.05, 3.63) is 18.0 Å². The first kappa shape index (κ1) is 9.70. The van der Waals surface area contributed by atoms with E-state index in [9.17, 15) is 0 Å². The zero-order valence-corrected chi connectivity index (χ0v) is 9.05. The second-order valence-corrected chi connectivity index (χ2v) is 3.77. The van der Waals surface area contributed by atoms with Gasteiger partial charge in [-0.3, -0.25) is 4.68 Å². The molecule has 80 valence electrons. The van der Waals surface area contributed by atoms with E-state index in [2.05, 4.69) is 29.3 Å². The van der Waals surface area contributed by atoms with Crippen LogP contribution in [0.25, 0.3) is 5.82 Å². The van der Waals surface area contributed by atoms with Crippen LogP contribution in [0.15, 0.2) is 12.3 Å². The van der Waals surface area contributed by atoms with Gasteiger partial charge in [-0.1, -0.05) is 19.1 Å². The summed E-state index contributed by atoms with van der Waals surface area (Å²) in [5.41, 5.74) is 6.65. The first-order chi connectivity index (χ1) is 7.09. The summed E-state index contributed by atoms with van der Waals surface area (Å²) in [5.74, 6) is 1.48. The molecule has 0 aliphatic rings. The van der Waals surface area contributed by atoms with Gasteiger partial charge in [-0.25, -0.2) is 0 Å². The molecule has 0 fully saturated rings. The van der Waals surface area contributed by atoms with Gasteiger partial charge in [-0.05, 0) is 5.92 Å². The van der Waals surface area contributed by atoms with Crippen molar-refractivity contribution in [2.75, 3.05) is 5.73 Å². The molecule has 15 heavy (non-hydrogen) atoms. The Balaban J connectivity index is 2.53. The molecule has 0 aromatic carbocycles. The lowest BCUT2D eigenvalue weighted by atomic mass is 10.1. The molecule has 0 aliphatic heterocycles. The van der Waals surface area contributed by atoms with Crippen LogP contribution in [0.4, 0.5) is 5.82 Å². The minimum atomic E-state index is 0.266. The molecule has 0 amide bonds. The maximum absolute atomic E-state index is 5.76. The minimum absolute atomic E-state index is 0.266. The summed E-state index contributed by atoms with van der Waals surface area (Å²) in [6.07, 6.45) is 1.86. The number of nitrogen functional groups attached to an aromatic ring is 1. The number of aromatic nitrogens is 5. The molecule has 0 saturated heterocycles. The molecule has 6 nitrogen and oxygen atoms in total. The first-order valence-electron chi connectivity index (χ1n) is 4.80. The number of rotatable bonds is 2. The number of nitrogens with zero attached hydrogens (tertiary/aromatic N) is 5. The number of hydrogen-bond acceptors (Lipinski definition) is 4. The Morgan fingerprint density at radius 1 is 1.40 bits per heavy atom. The van der Waals surface area contributed by atoms with Gasteiger partial charge in [0.25, 0.3) is 0 Å². The van der Waals surface area contributed by atoms with E-state index in [4.69, 9.17) is 5.73 Å². The molecule has 6 heteroatoms. The highest BCUT2D eigenvalue weighted by Gasteiger charge is 2.16. The van der Waals surface area contributed by atoms with Crippen molar-refractivity contribution in [1.82, 2.24) is 24.8 Å². The van der Waals surface area contributed by atoms with Gasteiger partial charge in [0.2, 0.25) is 0 Å². The Morgan fingerprint density at radius 2 is 2.13 bits per heavy atom. The van der Waals surface area contributed by atoms with Gasteiger partial charge in [0.1, 0.15) is 0 Å². The predicted molar refractivity (Wildman–Crippen MR) is 56.6 cm³/mol. The lowest BCUT2D eigenvalue weighted by molar-refractivity contribution is 0.675. The quantitative estimate of drug-likeness (QED) is 0.785. The maximum atomic E-state index is 5.76. The number of anilines is 1. The smallest absolute Gasteiger partial charge is 0.177 e. The van der Waals surface area contributed by atoms with Crippen molar-refractivity contribution < 1.29 is 0 Å². The van der Waals surface area contributed by atoms with E-state index in [-0.39, 0.29) is 5.92 Å². The molecule has 2 N–H and O–H groups in total. The zero-order valence-electron chi connectivity index (χ0n) is 9.05. The van der Waals surface area contributed by atoms with E-state index in [1.807, 2.05) is 19.3 Å². The van der Waals surface area contributed by atoms with E-state index in [1.54, 1.807) is 9.36 Å². The van der Waals surface area contributed by atoms with Gasteiger partial charge in [-0.15, -0.1) is 5.10 Å². The first-order valence-corrected chi connectivity index (χ1v) is 4.80. The second kappa shape index (κ2) is 3.38. The standard InChI is InChI=1S/C9H14N6/c1-6(2)8-9(10)11-13-15(8)7-4-5-14(3)12-7/h4-6H,10H2,1-3H3. The molecule has 0 saturated carbocycles. The highest BCUT2D eigenvalue weighted by atomic mass is 15.5. The van der Waals surface area contributed by atoms with Crippen molar-refractivity contribution in [2.45, 2.75) is 19.8 Å². The van der Waals surface area contributed by atoms with Gasteiger partial charge >= 0.3 is 0 Å². The van der Waals surface area contributed by atoms with Crippen LogP contribution in [0.1, 0.15) is 25.5 Å². The van der Waals surface area contributed by atoms with Gasteiger partial charge in [0.05, 0.1) is 5.69 Å². The number of hydrogen-bond donors (Lipinski definition) is 1. The van der Waals surface area contributed by atoms with Crippen LogP contribution in [-0.4, -0.2) is 24.8 Å². The van der Waals surface area contributed by atoms with Gasteiger partial charge in [0, 0.05) is 19.3 Å². The number of aryl methyl sites for hydroxylation is 1. The Morgan fingerprint density at radius 3 is 2.67 bits per heavy atom. The molecular formula is C9H14N6. The summed E-state index contributed by atoms with van der Waals surface area (Å²) < 4.78 is 3.40. The van der Waals surface area contributed by atoms with Gasteiger partial charge in [0.15, 0.2) is 11.6 Å². The summed E-state index contributed by atoms with van der Waals surface area (Å²) >= 11 is 0. The van der Waals surface area contributed by atoms with Crippen LogP contribution < -0.4 is 5.73 Å². The normalized spacial score (nSPS) is 11.2. The van der Waals surface area contributed by atoms with Gasteiger partial charge in [-0.2, -0.15) is 9.78 Å². The van der Waals surface area contributed by atoms with E-state index >= 15 is 0 Å². The molecule has 0 unspecified atom stereocenters. The summed E-state index contributed by atoms with van der Waals surface area (Å²) in [7, 11) is 1.86. The van der Waals surface area contributed by atoms with E-state index in [0.717, 1.165) is 11.5 Å². The van der Waals surface area contributed by atoms with Crippen LogP contribution in [0, 0.1) is 0 Å². The van der Waals surface area contributed by atoms with E-state index in [1.165, 1.54) is 0 Å². The molecule has 0 aliphatic carbocycles. The Kier molecular flexibility index (Phi) is 2.18. The average Bonchev–Trinajstić information content (AvgIpc) is 2.71. The Labute approximate surface area is 87.7 Å². The fraction of sp³-hybridized carbons (Fsp3) is 0.444. The highest BCUT2D eigenvalue weighted by Crippen LogP contribution is 2.21. The van der Waals surface area contributed by atoms with Crippen LogP contribution in [0.2, 0.25) is 0 Å². The topological polar surface area (TPSA) is 74.5 Å². The van der Waals surface area contributed by atoms with E-state index < -0.39 is 0 Å². The van der Waals surface area contributed by atoms with E-state index in [0.29, 0.717) is 5.82 Å². The fourth-order valence-corrected chi connectivity index (χ4v) is 1.53.